The highest BCUT2D eigenvalue weighted by molar-refractivity contribution is 5.88. The van der Waals surface area contributed by atoms with Crippen molar-refractivity contribution >= 4 is 11.8 Å². The number of carbonyl (C=O) groups excluding carboxylic acids is 1. The molecule has 2 amide bonds. The second-order valence-corrected chi connectivity index (χ2v) is 5.79. The molecule has 0 bridgehead atoms. The van der Waals surface area contributed by atoms with Gasteiger partial charge < -0.3 is 10.4 Å². The summed E-state index contributed by atoms with van der Waals surface area (Å²) in [6, 6.07) is 9.66. The highest BCUT2D eigenvalue weighted by Crippen LogP contribution is 2.43. The van der Waals surface area contributed by atoms with Crippen LogP contribution in [0.5, 0.6) is 0 Å². The number of hydrogen-bond acceptors (Lipinski definition) is 4. The number of nitrogens with zero attached hydrogens (tertiary/aromatic N) is 3. The molecule has 3 rings (SSSR count). The number of urea groups is 1. The lowest BCUT2D eigenvalue weighted by Crippen LogP contribution is -2.52. The Labute approximate surface area is 128 Å². The SMILES string of the molecule is Cn1cc(NC(=O)NCC2(c3ccccc3)CC(O)C2)nn1. The van der Waals surface area contributed by atoms with Crippen molar-refractivity contribution < 1.29 is 9.90 Å². The highest BCUT2D eigenvalue weighted by atomic mass is 16.3. The maximum Gasteiger partial charge on any atom is 0.320 e. The Hall–Kier alpha value is -2.41. The van der Waals surface area contributed by atoms with Crippen LogP contribution in [0, 0.1) is 0 Å². The minimum Gasteiger partial charge on any atom is -0.393 e. The molecule has 1 aliphatic rings. The van der Waals surface area contributed by atoms with Crippen LogP contribution in [0.25, 0.3) is 0 Å². The highest BCUT2D eigenvalue weighted by Gasteiger charge is 2.44. The normalized spacial score (nSPS) is 23.6. The maximum atomic E-state index is 12.0. The molecule has 1 aliphatic carbocycles. The van der Waals surface area contributed by atoms with Crippen molar-refractivity contribution in [1.82, 2.24) is 20.3 Å². The molecule has 1 aromatic carbocycles. The number of aliphatic hydroxyl groups is 1. The minimum absolute atomic E-state index is 0.194. The van der Waals surface area contributed by atoms with Gasteiger partial charge in [-0.1, -0.05) is 35.5 Å². The molecule has 7 heteroatoms. The fraction of sp³-hybridized carbons (Fsp3) is 0.400. The van der Waals surface area contributed by atoms with E-state index in [1.54, 1.807) is 13.2 Å². The molecule has 0 atom stereocenters. The first-order valence-electron chi connectivity index (χ1n) is 7.22. The maximum absolute atomic E-state index is 12.0. The van der Waals surface area contributed by atoms with Gasteiger partial charge in [-0.2, -0.15) is 0 Å². The average molecular weight is 301 g/mol. The van der Waals surface area contributed by atoms with E-state index in [0.29, 0.717) is 25.2 Å². The molecule has 0 aliphatic heterocycles. The molecular weight excluding hydrogens is 282 g/mol. The van der Waals surface area contributed by atoms with Gasteiger partial charge in [-0.25, -0.2) is 4.79 Å². The molecule has 0 radical (unpaired) electrons. The van der Waals surface area contributed by atoms with Gasteiger partial charge in [0.1, 0.15) is 0 Å². The van der Waals surface area contributed by atoms with Crippen molar-refractivity contribution in [2.75, 3.05) is 11.9 Å². The van der Waals surface area contributed by atoms with Crippen LogP contribution in [0.4, 0.5) is 10.6 Å². The Morgan fingerprint density at radius 3 is 2.73 bits per heavy atom. The lowest BCUT2D eigenvalue weighted by atomic mass is 9.62. The largest absolute Gasteiger partial charge is 0.393 e. The van der Waals surface area contributed by atoms with E-state index < -0.39 is 0 Å². The second kappa shape index (κ2) is 5.76. The molecule has 3 N–H and O–H groups in total. The summed E-state index contributed by atoms with van der Waals surface area (Å²) in [5, 5.41) is 22.8. The second-order valence-electron chi connectivity index (χ2n) is 5.79. The molecule has 2 aromatic rings. The fourth-order valence-electron chi connectivity index (χ4n) is 2.93. The van der Waals surface area contributed by atoms with Crippen LogP contribution in [0.15, 0.2) is 36.5 Å². The Bertz CT molecular complexity index is 649. The lowest BCUT2D eigenvalue weighted by molar-refractivity contribution is 0.0193. The summed E-state index contributed by atoms with van der Waals surface area (Å²) >= 11 is 0. The zero-order valence-corrected chi connectivity index (χ0v) is 12.4. The quantitative estimate of drug-likeness (QED) is 0.786. The monoisotopic (exact) mass is 301 g/mol. The number of benzene rings is 1. The third kappa shape index (κ3) is 2.94. The van der Waals surface area contributed by atoms with Gasteiger partial charge in [0.05, 0.1) is 12.3 Å². The molecule has 116 valence electrons. The van der Waals surface area contributed by atoms with E-state index in [2.05, 4.69) is 20.9 Å². The van der Waals surface area contributed by atoms with Crippen LogP contribution in [0.1, 0.15) is 18.4 Å². The molecule has 1 saturated carbocycles. The van der Waals surface area contributed by atoms with Crippen molar-refractivity contribution in [2.24, 2.45) is 7.05 Å². The summed E-state index contributed by atoms with van der Waals surface area (Å²) < 4.78 is 1.52. The van der Waals surface area contributed by atoms with Crippen molar-refractivity contribution in [3.8, 4) is 0 Å². The van der Waals surface area contributed by atoms with Gasteiger partial charge in [0.15, 0.2) is 5.82 Å². The fourth-order valence-corrected chi connectivity index (χ4v) is 2.93. The Morgan fingerprint density at radius 1 is 1.41 bits per heavy atom. The smallest absolute Gasteiger partial charge is 0.320 e. The molecule has 22 heavy (non-hydrogen) atoms. The third-order valence-electron chi connectivity index (χ3n) is 4.07. The first kappa shape index (κ1) is 14.5. The van der Waals surface area contributed by atoms with E-state index in [0.717, 1.165) is 5.56 Å². The number of carbonyl (C=O) groups is 1. The van der Waals surface area contributed by atoms with E-state index in [1.165, 1.54) is 4.68 Å². The van der Waals surface area contributed by atoms with Gasteiger partial charge >= 0.3 is 6.03 Å². The summed E-state index contributed by atoms with van der Waals surface area (Å²) in [6.07, 6.45) is 2.63. The van der Waals surface area contributed by atoms with Crippen molar-refractivity contribution in [3.05, 3.63) is 42.1 Å². The first-order valence-corrected chi connectivity index (χ1v) is 7.22. The number of rotatable bonds is 4. The van der Waals surface area contributed by atoms with E-state index in [4.69, 9.17) is 0 Å². The number of hydrogen-bond donors (Lipinski definition) is 3. The molecule has 7 nitrogen and oxygen atoms in total. The summed E-state index contributed by atoms with van der Waals surface area (Å²) in [4.78, 5) is 12.0. The molecule has 0 unspecified atom stereocenters. The number of anilines is 1. The Morgan fingerprint density at radius 2 is 2.14 bits per heavy atom. The number of aryl methyl sites for hydroxylation is 1. The van der Waals surface area contributed by atoms with Gasteiger partial charge in [0.2, 0.25) is 0 Å². The van der Waals surface area contributed by atoms with Gasteiger partial charge in [0, 0.05) is 19.0 Å². The first-order chi connectivity index (χ1) is 10.6. The van der Waals surface area contributed by atoms with Gasteiger partial charge in [-0.15, -0.1) is 5.10 Å². The van der Waals surface area contributed by atoms with Crippen LogP contribution < -0.4 is 10.6 Å². The van der Waals surface area contributed by atoms with E-state index >= 15 is 0 Å². The Balaban J connectivity index is 1.62. The molecule has 1 fully saturated rings. The molecule has 0 saturated heterocycles. The van der Waals surface area contributed by atoms with Crippen molar-refractivity contribution in [2.45, 2.75) is 24.4 Å². The standard InChI is InChI=1S/C15H19N5O2/c1-20-9-13(18-19-20)17-14(22)16-10-15(7-12(21)8-15)11-5-3-2-4-6-11/h2-6,9,12,21H,7-8,10H2,1H3,(H2,16,17,22). The molecule has 1 heterocycles. The number of nitrogens with one attached hydrogen (secondary N) is 2. The number of amides is 2. The topological polar surface area (TPSA) is 92.1 Å². The van der Waals surface area contributed by atoms with Crippen LogP contribution in [-0.4, -0.2) is 38.8 Å². The lowest BCUT2D eigenvalue weighted by Gasteiger charge is -2.46. The summed E-state index contributed by atoms with van der Waals surface area (Å²) in [5.74, 6) is 0.405. The van der Waals surface area contributed by atoms with Crippen LogP contribution in [0.3, 0.4) is 0 Å². The van der Waals surface area contributed by atoms with Gasteiger partial charge in [-0.3, -0.25) is 10.00 Å². The number of aromatic nitrogens is 3. The van der Waals surface area contributed by atoms with Crippen LogP contribution in [-0.2, 0) is 12.5 Å². The number of aliphatic hydroxyl groups excluding tert-OH is 1. The third-order valence-corrected chi connectivity index (χ3v) is 4.07. The van der Waals surface area contributed by atoms with Crippen molar-refractivity contribution in [3.63, 3.8) is 0 Å². The molecular formula is C15H19N5O2. The van der Waals surface area contributed by atoms with E-state index in [-0.39, 0.29) is 17.6 Å². The van der Waals surface area contributed by atoms with Crippen molar-refractivity contribution in [1.29, 1.82) is 0 Å². The molecule has 0 spiro atoms. The predicted molar refractivity (Wildman–Crippen MR) is 81.4 cm³/mol. The van der Waals surface area contributed by atoms with Crippen LogP contribution >= 0.6 is 0 Å². The summed E-state index contributed by atoms with van der Waals surface area (Å²) in [6.45, 7) is 0.472. The minimum atomic E-state index is -0.322. The van der Waals surface area contributed by atoms with E-state index in [9.17, 15) is 9.90 Å². The zero-order chi connectivity index (χ0) is 15.6. The van der Waals surface area contributed by atoms with Gasteiger partial charge in [0.25, 0.3) is 0 Å². The molecule has 1 aromatic heterocycles. The Kier molecular flexibility index (Phi) is 3.81. The summed E-state index contributed by atoms with van der Waals surface area (Å²) in [7, 11) is 1.73. The average Bonchev–Trinajstić information content (AvgIpc) is 2.88. The zero-order valence-electron chi connectivity index (χ0n) is 12.4. The predicted octanol–water partition coefficient (Wildman–Crippen LogP) is 1.03. The summed E-state index contributed by atoms with van der Waals surface area (Å²) in [5.41, 5.74) is 0.945. The van der Waals surface area contributed by atoms with Crippen LogP contribution in [0.2, 0.25) is 0 Å². The van der Waals surface area contributed by atoms with Gasteiger partial charge in [-0.05, 0) is 18.4 Å². The van der Waals surface area contributed by atoms with E-state index in [1.807, 2.05) is 30.3 Å².